The van der Waals surface area contributed by atoms with Gasteiger partial charge in [0.2, 0.25) is 10.0 Å². The topological polar surface area (TPSA) is 72.2 Å². The van der Waals surface area contributed by atoms with Gasteiger partial charge in [0, 0.05) is 18.0 Å². The van der Waals surface area contributed by atoms with Crippen LogP contribution in [0.5, 0.6) is 0 Å². The van der Waals surface area contributed by atoms with Crippen molar-refractivity contribution in [3.63, 3.8) is 0 Å². The molecular formula is C13H23BrN2O2S2. The fourth-order valence-corrected chi connectivity index (χ4v) is 5.84. The second-order valence-corrected chi connectivity index (χ2v) is 9.75. The molecule has 0 fully saturated rings. The summed E-state index contributed by atoms with van der Waals surface area (Å²) < 4.78 is 28.0. The minimum Gasteiger partial charge on any atom is -0.326 e. The van der Waals surface area contributed by atoms with Gasteiger partial charge in [-0.15, -0.1) is 11.3 Å². The predicted octanol–water partition coefficient (Wildman–Crippen LogP) is 3.18. The Labute approximate surface area is 134 Å². The molecular weight excluding hydrogens is 360 g/mol. The SMILES string of the molecule is CC(C)C(CNS(=O)(=O)c1cc(CN)sc1Br)C(C)C. The largest absolute Gasteiger partial charge is 0.326 e. The van der Waals surface area contributed by atoms with Gasteiger partial charge in [0.15, 0.2) is 0 Å². The number of hydrogen-bond acceptors (Lipinski definition) is 4. The summed E-state index contributed by atoms with van der Waals surface area (Å²) >= 11 is 4.66. The molecule has 4 nitrogen and oxygen atoms in total. The zero-order chi connectivity index (χ0) is 15.5. The summed E-state index contributed by atoms with van der Waals surface area (Å²) in [5.41, 5.74) is 5.55. The summed E-state index contributed by atoms with van der Waals surface area (Å²) in [5, 5.41) is 0. The van der Waals surface area contributed by atoms with E-state index in [0.717, 1.165) is 4.88 Å². The summed E-state index contributed by atoms with van der Waals surface area (Å²) in [7, 11) is -3.48. The van der Waals surface area contributed by atoms with Crippen molar-refractivity contribution in [1.29, 1.82) is 0 Å². The summed E-state index contributed by atoms with van der Waals surface area (Å²) in [5.74, 6) is 1.18. The van der Waals surface area contributed by atoms with E-state index in [1.54, 1.807) is 6.07 Å². The normalized spacial score (nSPS) is 12.8. The van der Waals surface area contributed by atoms with E-state index in [1.807, 2.05) is 0 Å². The Kier molecular flexibility index (Phi) is 6.66. The molecule has 0 unspecified atom stereocenters. The quantitative estimate of drug-likeness (QED) is 0.760. The van der Waals surface area contributed by atoms with Crippen molar-refractivity contribution in [2.45, 2.75) is 39.1 Å². The van der Waals surface area contributed by atoms with Gasteiger partial charge < -0.3 is 5.73 Å². The van der Waals surface area contributed by atoms with E-state index in [4.69, 9.17) is 5.73 Å². The number of halogens is 1. The van der Waals surface area contributed by atoms with E-state index in [9.17, 15) is 8.42 Å². The monoisotopic (exact) mass is 382 g/mol. The molecule has 0 aliphatic heterocycles. The summed E-state index contributed by atoms with van der Waals surface area (Å²) in [6, 6.07) is 1.64. The van der Waals surface area contributed by atoms with Crippen molar-refractivity contribution < 1.29 is 8.42 Å². The third kappa shape index (κ3) is 4.53. The Hall–Kier alpha value is 0.0500. The van der Waals surface area contributed by atoms with Crippen LogP contribution in [0.2, 0.25) is 0 Å². The number of nitrogens with two attached hydrogens (primary N) is 1. The lowest BCUT2D eigenvalue weighted by Gasteiger charge is -2.24. The van der Waals surface area contributed by atoms with Crippen LogP contribution in [0.3, 0.4) is 0 Å². The fraction of sp³-hybridized carbons (Fsp3) is 0.692. The Bertz CT molecular complexity index is 531. The number of sulfonamides is 1. The first-order chi connectivity index (χ1) is 9.19. The highest BCUT2D eigenvalue weighted by atomic mass is 79.9. The highest BCUT2D eigenvalue weighted by molar-refractivity contribution is 9.11. The molecule has 0 aliphatic rings. The van der Waals surface area contributed by atoms with Crippen molar-refractivity contribution in [3.8, 4) is 0 Å². The van der Waals surface area contributed by atoms with Crippen LogP contribution in [0.1, 0.15) is 32.6 Å². The highest BCUT2D eigenvalue weighted by Gasteiger charge is 2.24. The number of rotatable bonds is 7. The summed E-state index contributed by atoms with van der Waals surface area (Å²) in [6.07, 6.45) is 0. The van der Waals surface area contributed by atoms with Crippen LogP contribution < -0.4 is 10.5 Å². The van der Waals surface area contributed by atoms with Crippen molar-refractivity contribution in [2.75, 3.05) is 6.54 Å². The smallest absolute Gasteiger partial charge is 0.242 e. The highest BCUT2D eigenvalue weighted by Crippen LogP contribution is 2.31. The number of thiophene rings is 1. The van der Waals surface area contributed by atoms with Gasteiger partial charge in [-0.1, -0.05) is 27.7 Å². The lowest BCUT2D eigenvalue weighted by atomic mass is 9.86. The average molecular weight is 383 g/mol. The van der Waals surface area contributed by atoms with Gasteiger partial charge in [-0.25, -0.2) is 13.1 Å². The maximum Gasteiger partial charge on any atom is 0.242 e. The molecule has 0 saturated heterocycles. The third-order valence-electron chi connectivity index (χ3n) is 3.42. The molecule has 3 N–H and O–H groups in total. The molecule has 7 heteroatoms. The minimum absolute atomic E-state index is 0.286. The predicted molar refractivity (Wildman–Crippen MR) is 88.3 cm³/mol. The first kappa shape index (κ1) is 18.1. The van der Waals surface area contributed by atoms with E-state index in [-0.39, 0.29) is 4.90 Å². The number of hydrogen-bond donors (Lipinski definition) is 2. The second kappa shape index (κ2) is 7.35. The molecule has 1 rings (SSSR count). The first-order valence-electron chi connectivity index (χ1n) is 6.67. The molecule has 1 heterocycles. The molecule has 1 aromatic heterocycles. The van der Waals surface area contributed by atoms with Crippen molar-refractivity contribution >= 4 is 37.3 Å². The van der Waals surface area contributed by atoms with Gasteiger partial charge in [0.1, 0.15) is 4.90 Å². The van der Waals surface area contributed by atoms with Crippen LogP contribution in [0.15, 0.2) is 14.7 Å². The van der Waals surface area contributed by atoms with Crippen molar-refractivity contribution in [1.82, 2.24) is 4.72 Å². The van der Waals surface area contributed by atoms with Crippen LogP contribution in [0, 0.1) is 17.8 Å². The van der Waals surface area contributed by atoms with E-state index < -0.39 is 10.0 Å². The molecule has 0 radical (unpaired) electrons. The molecule has 20 heavy (non-hydrogen) atoms. The Morgan fingerprint density at radius 3 is 2.25 bits per heavy atom. The van der Waals surface area contributed by atoms with Gasteiger partial charge in [-0.3, -0.25) is 0 Å². The van der Waals surface area contributed by atoms with E-state index in [1.165, 1.54) is 11.3 Å². The number of nitrogens with one attached hydrogen (secondary N) is 1. The van der Waals surface area contributed by atoms with Gasteiger partial charge in [-0.2, -0.15) is 0 Å². The molecule has 0 saturated carbocycles. The zero-order valence-corrected chi connectivity index (χ0v) is 15.5. The third-order valence-corrected chi connectivity index (χ3v) is 7.12. The summed E-state index contributed by atoms with van der Waals surface area (Å²) in [4.78, 5) is 1.13. The van der Waals surface area contributed by atoms with Gasteiger partial charge in [-0.05, 0) is 39.8 Å². The van der Waals surface area contributed by atoms with Crippen LogP contribution in [-0.4, -0.2) is 15.0 Å². The van der Waals surface area contributed by atoms with Gasteiger partial charge >= 0.3 is 0 Å². The van der Waals surface area contributed by atoms with Crippen LogP contribution in [0.25, 0.3) is 0 Å². The molecule has 0 bridgehead atoms. The fourth-order valence-electron chi connectivity index (χ4n) is 2.21. The maximum atomic E-state index is 12.4. The Morgan fingerprint density at radius 1 is 1.30 bits per heavy atom. The molecule has 0 atom stereocenters. The van der Waals surface area contributed by atoms with Gasteiger partial charge in [0.05, 0.1) is 3.79 Å². The molecule has 0 aromatic carbocycles. The van der Waals surface area contributed by atoms with E-state index in [2.05, 4.69) is 48.3 Å². The standard InChI is InChI=1S/C13H23BrN2O2S2/c1-8(2)11(9(3)4)7-16-20(17,18)12-5-10(6-15)19-13(12)14/h5,8-9,11,16H,6-7,15H2,1-4H3. The van der Waals surface area contributed by atoms with Crippen LogP contribution >= 0.6 is 27.3 Å². The maximum absolute atomic E-state index is 12.4. The van der Waals surface area contributed by atoms with Crippen molar-refractivity contribution in [2.24, 2.45) is 23.5 Å². The van der Waals surface area contributed by atoms with Crippen LogP contribution in [0.4, 0.5) is 0 Å². The van der Waals surface area contributed by atoms with E-state index in [0.29, 0.717) is 34.6 Å². The minimum atomic E-state index is -3.48. The van der Waals surface area contributed by atoms with Crippen LogP contribution in [-0.2, 0) is 16.6 Å². The summed E-state index contributed by atoms with van der Waals surface area (Å²) in [6.45, 7) is 9.27. The van der Waals surface area contributed by atoms with Gasteiger partial charge in [0.25, 0.3) is 0 Å². The molecule has 0 aliphatic carbocycles. The Morgan fingerprint density at radius 2 is 1.85 bits per heavy atom. The zero-order valence-electron chi connectivity index (χ0n) is 12.3. The molecule has 116 valence electrons. The Balaban J connectivity index is 2.87. The molecule has 1 aromatic rings. The van der Waals surface area contributed by atoms with Crippen molar-refractivity contribution in [3.05, 3.63) is 14.7 Å². The molecule has 0 amide bonds. The lowest BCUT2D eigenvalue weighted by Crippen LogP contribution is -2.33. The molecule has 0 spiro atoms. The average Bonchev–Trinajstić information content (AvgIpc) is 2.70. The lowest BCUT2D eigenvalue weighted by molar-refractivity contribution is 0.289. The first-order valence-corrected chi connectivity index (χ1v) is 9.76. The second-order valence-electron chi connectivity index (χ2n) is 5.56. The van der Waals surface area contributed by atoms with E-state index >= 15 is 0 Å².